The van der Waals surface area contributed by atoms with E-state index in [2.05, 4.69) is 0 Å². The van der Waals surface area contributed by atoms with Crippen LogP contribution in [0.1, 0.15) is 11.1 Å². The van der Waals surface area contributed by atoms with Crippen LogP contribution in [0, 0.1) is 10.1 Å². The first-order valence-corrected chi connectivity index (χ1v) is 4.45. The Morgan fingerprint density at radius 1 is 1.06 bits per heavy atom. The normalized spacial score (nSPS) is 12.6. The molecule has 0 saturated carbocycles. The molecule has 1 aromatic rings. The first-order valence-electron chi connectivity index (χ1n) is 4.07. The maximum atomic E-state index is 12.5. The molecule has 18 heavy (non-hydrogen) atoms. The number of hydrogen-bond donors (Lipinski definition) is 0. The van der Waals surface area contributed by atoms with Crippen molar-refractivity contribution >= 4 is 17.3 Å². The van der Waals surface area contributed by atoms with Gasteiger partial charge in [0.1, 0.15) is 0 Å². The molecule has 0 unspecified atom stereocenters. The first-order chi connectivity index (χ1) is 7.96. The van der Waals surface area contributed by atoms with Gasteiger partial charge in [0.2, 0.25) is 0 Å². The fourth-order valence-corrected chi connectivity index (χ4v) is 1.58. The lowest BCUT2D eigenvalue weighted by atomic mass is 10.1. The van der Waals surface area contributed by atoms with E-state index in [0.29, 0.717) is 0 Å². The van der Waals surface area contributed by atoms with Gasteiger partial charge in [0.15, 0.2) is 5.56 Å². The summed E-state index contributed by atoms with van der Waals surface area (Å²) in [5, 5.41) is 8.62. The second kappa shape index (κ2) is 4.30. The maximum Gasteiger partial charge on any atom is 0.424 e. The highest BCUT2D eigenvalue weighted by atomic mass is 35.5. The molecule has 0 aliphatic rings. The highest BCUT2D eigenvalue weighted by Gasteiger charge is 2.45. The van der Waals surface area contributed by atoms with Crippen LogP contribution in [0.15, 0.2) is 12.1 Å². The van der Waals surface area contributed by atoms with E-state index in [1.165, 1.54) is 0 Å². The molecule has 0 radical (unpaired) electrons. The number of nitrogens with zero attached hydrogens (tertiary/aromatic N) is 1. The predicted octanol–water partition coefficient (Wildman–Crippen LogP) is 4.29. The molecule has 0 amide bonds. The van der Waals surface area contributed by atoms with Crippen LogP contribution in [-0.2, 0) is 12.4 Å². The van der Waals surface area contributed by atoms with Crippen molar-refractivity contribution in [3.8, 4) is 0 Å². The SMILES string of the molecule is O=[N+]([O-])c1ccc(C(F)(F)F)c(Cl)c1C(F)(F)F. The van der Waals surface area contributed by atoms with Gasteiger partial charge in [-0.1, -0.05) is 11.6 Å². The van der Waals surface area contributed by atoms with E-state index in [9.17, 15) is 36.5 Å². The number of benzene rings is 1. The Labute approximate surface area is 100 Å². The van der Waals surface area contributed by atoms with Gasteiger partial charge >= 0.3 is 12.4 Å². The van der Waals surface area contributed by atoms with Gasteiger partial charge in [-0.15, -0.1) is 0 Å². The van der Waals surface area contributed by atoms with Crippen LogP contribution >= 0.6 is 11.6 Å². The van der Waals surface area contributed by atoms with E-state index in [1.807, 2.05) is 0 Å². The van der Waals surface area contributed by atoms with Crippen LogP contribution in [-0.4, -0.2) is 4.92 Å². The maximum absolute atomic E-state index is 12.5. The third kappa shape index (κ3) is 2.66. The average molecular weight is 294 g/mol. The number of nitro benzene ring substituents is 1. The first kappa shape index (κ1) is 14.6. The van der Waals surface area contributed by atoms with Crippen molar-refractivity contribution in [2.24, 2.45) is 0 Å². The summed E-state index contributed by atoms with van der Waals surface area (Å²) < 4.78 is 74.4. The highest BCUT2D eigenvalue weighted by molar-refractivity contribution is 6.32. The van der Waals surface area contributed by atoms with Crippen LogP contribution in [0.4, 0.5) is 32.0 Å². The second-order valence-electron chi connectivity index (χ2n) is 3.07. The number of alkyl halides is 6. The van der Waals surface area contributed by atoms with E-state index < -0.39 is 39.1 Å². The summed E-state index contributed by atoms with van der Waals surface area (Å²) in [7, 11) is 0. The van der Waals surface area contributed by atoms with Gasteiger partial charge in [-0.05, 0) is 6.07 Å². The molecule has 0 N–H and O–H groups in total. The number of rotatable bonds is 1. The van der Waals surface area contributed by atoms with Crippen LogP contribution in [0.5, 0.6) is 0 Å². The summed E-state index contributed by atoms with van der Waals surface area (Å²) in [5.41, 5.74) is -5.41. The van der Waals surface area contributed by atoms with Crippen molar-refractivity contribution in [2.45, 2.75) is 12.4 Å². The lowest BCUT2D eigenvalue weighted by Crippen LogP contribution is -2.14. The Hall–Kier alpha value is -1.51. The van der Waals surface area contributed by atoms with E-state index in [0.717, 1.165) is 0 Å². The molecule has 0 aromatic heterocycles. The van der Waals surface area contributed by atoms with Gasteiger partial charge in [-0.2, -0.15) is 26.3 Å². The minimum Gasteiger partial charge on any atom is -0.258 e. The average Bonchev–Trinajstić information content (AvgIpc) is 2.12. The smallest absolute Gasteiger partial charge is 0.258 e. The number of hydrogen-bond acceptors (Lipinski definition) is 2. The van der Waals surface area contributed by atoms with Gasteiger partial charge in [0.05, 0.1) is 15.5 Å². The molecule has 0 fully saturated rings. The van der Waals surface area contributed by atoms with Crippen molar-refractivity contribution in [3.05, 3.63) is 38.4 Å². The van der Waals surface area contributed by atoms with Crippen LogP contribution in [0.3, 0.4) is 0 Å². The molecule has 3 nitrogen and oxygen atoms in total. The van der Waals surface area contributed by atoms with Crippen molar-refractivity contribution < 1.29 is 31.3 Å². The quantitative estimate of drug-likeness (QED) is 0.440. The Kier molecular flexibility index (Phi) is 3.48. The van der Waals surface area contributed by atoms with Crippen LogP contribution in [0.25, 0.3) is 0 Å². The molecule has 10 heteroatoms. The predicted molar refractivity (Wildman–Crippen MR) is 48.1 cm³/mol. The molecule has 0 aliphatic carbocycles. The Bertz CT molecular complexity index is 496. The van der Waals surface area contributed by atoms with Crippen molar-refractivity contribution in [2.75, 3.05) is 0 Å². The highest BCUT2D eigenvalue weighted by Crippen LogP contribution is 2.46. The molecular weight excluding hydrogens is 292 g/mol. The third-order valence-electron chi connectivity index (χ3n) is 1.91. The molecule has 0 bridgehead atoms. The molecule has 0 atom stereocenters. The van der Waals surface area contributed by atoms with Gasteiger partial charge in [0, 0.05) is 6.07 Å². The fraction of sp³-hybridized carbons (Fsp3) is 0.250. The zero-order valence-corrected chi connectivity index (χ0v) is 8.82. The van der Waals surface area contributed by atoms with Gasteiger partial charge in [0.25, 0.3) is 5.69 Å². The minimum absolute atomic E-state index is 0.123. The molecule has 100 valence electrons. The summed E-state index contributed by atoms with van der Waals surface area (Å²) in [5.74, 6) is 0. The molecule has 0 heterocycles. The summed E-state index contributed by atoms with van der Waals surface area (Å²) in [6.45, 7) is 0. The molecule has 0 spiro atoms. The summed E-state index contributed by atoms with van der Waals surface area (Å²) >= 11 is 4.98. The van der Waals surface area contributed by atoms with Crippen molar-refractivity contribution in [1.29, 1.82) is 0 Å². The van der Waals surface area contributed by atoms with Gasteiger partial charge in [-0.25, -0.2) is 0 Å². The zero-order chi connectivity index (χ0) is 14.3. The Morgan fingerprint density at radius 2 is 1.56 bits per heavy atom. The lowest BCUT2D eigenvalue weighted by molar-refractivity contribution is -0.388. The van der Waals surface area contributed by atoms with Crippen LogP contribution < -0.4 is 0 Å². The van der Waals surface area contributed by atoms with Crippen molar-refractivity contribution in [1.82, 2.24) is 0 Å². The van der Waals surface area contributed by atoms with E-state index in [-0.39, 0.29) is 12.1 Å². The summed E-state index contributed by atoms with van der Waals surface area (Å²) in [6, 6.07) is 0.257. The molecule has 0 saturated heterocycles. The zero-order valence-electron chi connectivity index (χ0n) is 8.06. The number of halogens is 7. The summed E-state index contributed by atoms with van der Waals surface area (Å²) in [4.78, 5) is 8.90. The Balaban J connectivity index is 3.67. The molecule has 0 aliphatic heterocycles. The lowest BCUT2D eigenvalue weighted by Gasteiger charge is -2.14. The molecular formula is C8H2ClF6NO2. The number of nitro groups is 1. The van der Waals surface area contributed by atoms with E-state index >= 15 is 0 Å². The van der Waals surface area contributed by atoms with Gasteiger partial charge in [-0.3, -0.25) is 10.1 Å². The van der Waals surface area contributed by atoms with Gasteiger partial charge < -0.3 is 0 Å². The largest absolute Gasteiger partial charge is 0.424 e. The van der Waals surface area contributed by atoms with Crippen molar-refractivity contribution in [3.63, 3.8) is 0 Å². The Morgan fingerprint density at radius 3 is 1.89 bits per heavy atom. The molecule has 1 aromatic carbocycles. The molecule has 1 rings (SSSR count). The van der Waals surface area contributed by atoms with Crippen LogP contribution in [0.2, 0.25) is 5.02 Å². The van der Waals surface area contributed by atoms with E-state index in [4.69, 9.17) is 11.6 Å². The van der Waals surface area contributed by atoms with E-state index in [1.54, 1.807) is 0 Å². The third-order valence-corrected chi connectivity index (χ3v) is 2.30. The summed E-state index contributed by atoms with van der Waals surface area (Å²) in [6.07, 6.45) is -10.5. The standard InChI is InChI=1S/C8H2ClF6NO2/c9-6-3(7(10,11)12)1-2-4(16(17)18)5(6)8(13,14)15/h1-2H. The second-order valence-corrected chi connectivity index (χ2v) is 3.45. The minimum atomic E-state index is -5.36. The fourth-order valence-electron chi connectivity index (χ4n) is 1.21. The monoisotopic (exact) mass is 293 g/mol. The topological polar surface area (TPSA) is 43.1 Å².